The molecule has 8 nitrogen and oxygen atoms in total. The Balaban J connectivity index is 1.52. The van der Waals surface area contributed by atoms with E-state index in [1.165, 1.54) is 7.11 Å². The lowest BCUT2D eigenvalue weighted by atomic mass is 10.2. The van der Waals surface area contributed by atoms with Crippen LogP contribution in [0.1, 0.15) is 17.3 Å². The van der Waals surface area contributed by atoms with Crippen molar-refractivity contribution in [2.75, 3.05) is 24.8 Å². The minimum absolute atomic E-state index is 0.101. The lowest BCUT2D eigenvalue weighted by Gasteiger charge is -2.05. The zero-order chi connectivity index (χ0) is 20.6. The van der Waals surface area contributed by atoms with Crippen LogP contribution >= 0.6 is 11.8 Å². The molecular formula is C20H19N3O5S. The Morgan fingerprint density at radius 3 is 2.45 bits per heavy atom. The molecule has 0 unspecified atom stereocenters. The number of thioether (sulfide) groups is 1. The first kappa shape index (κ1) is 20.4. The molecule has 0 fully saturated rings. The van der Waals surface area contributed by atoms with Crippen molar-refractivity contribution >= 4 is 29.3 Å². The molecule has 1 aromatic heterocycles. The van der Waals surface area contributed by atoms with Gasteiger partial charge in [-0.1, -0.05) is 11.8 Å². The minimum atomic E-state index is -0.432. The van der Waals surface area contributed by atoms with Crippen LogP contribution in [0.3, 0.4) is 0 Å². The number of aromatic nitrogens is 2. The first-order valence-electron chi connectivity index (χ1n) is 8.77. The van der Waals surface area contributed by atoms with E-state index in [1.807, 2.05) is 31.2 Å². The van der Waals surface area contributed by atoms with Crippen LogP contribution in [0.25, 0.3) is 11.5 Å². The molecule has 0 saturated heterocycles. The first-order valence-corrected chi connectivity index (χ1v) is 9.75. The highest BCUT2D eigenvalue weighted by atomic mass is 32.2. The van der Waals surface area contributed by atoms with Crippen molar-refractivity contribution in [1.29, 1.82) is 0 Å². The van der Waals surface area contributed by atoms with Crippen molar-refractivity contribution in [2.45, 2.75) is 12.1 Å². The number of hydrogen-bond donors (Lipinski definition) is 1. The summed E-state index contributed by atoms with van der Waals surface area (Å²) in [5.74, 6) is 0.569. The Morgan fingerprint density at radius 1 is 1.07 bits per heavy atom. The Hall–Kier alpha value is -3.33. The zero-order valence-electron chi connectivity index (χ0n) is 15.9. The number of carbonyl (C=O) groups excluding carboxylic acids is 2. The normalized spacial score (nSPS) is 10.4. The monoisotopic (exact) mass is 413 g/mol. The van der Waals surface area contributed by atoms with Crippen LogP contribution in [0.5, 0.6) is 5.75 Å². The molecule has 0 spiro atoms. The summed E-state index contributed by atoms with van der Waals surface area (Å²) in [6.07, 6.45) is 0. The van der Waals surface area contributed by atoms with Crippen LogP contribution in [0.2, 0.25) is 0 Å². The Bertz CT molecular complexity index is 971. The topological polar surface area (TPSA) is 104 Å². The molecule has 0 saturated carbocycles. The average Bonchev–Trinajstić information content (AvgIpc) is 3.22. The number of benzene rings is 2. The molecule has 150 valence electrons. The fourth-order valence-electron chi connectivity index (χ4n) is 2.38. The maximum absolute atomic E-state index is 12.1. The van der Waals surface area contributed by atoms with Gasteiger partial charge in [0.05, 0.1) is 25.0 Å². The second-order valence-corrected chi connectivity index (χ2v) is 6.66. The van der Waals surface area contributed by atoms with Gasteiger partial charge >= 0.3 is 5.97 Å². The van der Waals surface area contributed by atoms with E-state index in [-0.39, 0.29) is 11.7 Å². The zero-order valence-corrected chi connectivity index (χ0v) is 16.7. The molecule has 0 aliphatic rings. The largest absolute Gasteiger partial charge is 0.494 e. The highest BCUT2D eigenvalue weighted by molar-refractivity contribution is 7.99. The molecule has 0 aliphatic heterocycles. The van der Waals surface area contributed by atoms with Gasteiger partial charge in [0, 0.05) is 11.3 Å². The van der Waals surface area contributed by atoms with Gasteiger partial charge < -0.3 is 19.2 Å². The number of nitrogens with one attached hydrogen (secondary N) is 1. The summed E-state index contributed by atoms with van der Waals surface area (Å²) in [5.41, 5.74) is 1.75. The Morgan fingerprint density at radius 2 is 1.79 bits per heavy atom. The molecule has 3 rings (SSSR count). The van der Waals surface area contributed by atoms with E-state index in [0.717, 1.165) is 23.1 Å². The Labute approximate surface area is 171 Å². The van der Waals surface area contributed by atoms with E-state index < -0.39 is 5.97 Å². The van der Waals surface area contributed by atoms with Gasteiger partial charge in [0.15, 0.2) is 0 Å². The number of rotatable bonds is 8. The second kappa shape index (κ2) is 9.74. The lowest BCUT2D eigenvalue weighted by Crippen LogP contribution is -2.14. The molecular weight excluding hydrogens is 394 g/mol. The average molecular weight is 413 g/mol. The molecule has 1 N–H and O–H groups in total. The number of esters is 1. The molecule has 1 heterocycles. The van der Waals surface area contributed by atoms with Crippen LogP contribution in [-0.2, 0) is 9.53 Å². The van der Waals surface area contributed by atoms with Gasteiger partial charge in [0.1, 0.15) is 5.75 Å². The highest BCUT2D eigenvalue weighted by Crippen LogP contribution is 2.25. The fraction of sp³-hybridized carbons (Fsp3) is 0.200. The second-order valence-electron chi connectivity index (χ2n) is 5.74. The lowest BCUT2D eigenvalue weighted by molar-refractivity contribution is -0.113. The standard InChI is InChI=1S/C20H19N3O5S/c1-3-27-16-10-6-13(7-11-16)18-22-23-20(28-18)29-12-17(24)21-15-8-4-14(5-9-15)19(25)26-2/h4-11H,3,12H2,1-2H3,(H,21,24). The van der Waals surface area contributed by atoms with Crippen LogP contribution in [0.15, 0.2) is 58.2 Å². The van der Waals surface area contributed by atoms with E-state index in [4.69, 9.17) is 9.15 Å². The van der Waals surface area contributed by atoms with Crippen LogP contribution in [-0.4, -0.2) is 41.5 Å². The van der Waals surface area contributed by atoms with E-state index in [9.17, 15) is 9.59 Å². The summed E-state index contributed by atoms with van der Waals surface area (Å²) in [7, 11) is 1.31. The van der Waals surface area contributed by atoms with Crippen molar-refractivity contribution < 1.29 is 23.5 Å². The van der Waals surface area contributed by atoms with Gasteiger partial charge in [0.2, 0.25) is 11.8 Å². The van der Waals surface area contributed by atoms with Gasteiger partial charge in [-0.25, -0.2) is 4.79 Å². The molecule has 0 aliphatic carbocycles. The molecule has 0 bridgehead atoms. The molecule has 0 radical (unpaired) electrons. The quantitative estimate of drug-likeness (QED) is 0.441. The molecule has 9 heteroatoms. The molecule has 3 aromatic rings. The SMILES string of the molecule is CCOc1ccc(-c2nnc(SCC(=O)Nc3ccc(C(=O)OC)cc3)o2)cc1. The summed E-state index contributed by atoms with van der Waals surface area (Å²) >= 11 is 1.14. The number of methoxy groups -OCH3 is 1. The molecule has 2 aromatic carbocycles. The van der Waals surface area contributed by atoms with E-state index in [2.05, 4.69) is 20.3 Å². The third kappa shape index (κ3) is 5.58. The van der Waals surface area contributed by atoms with Crippen molar-refractivity contribution in [1.82, 2.24) is 10.2 Å². The number of ether oxygens (including phenoxy) is 2. The molecule has 1 amide bonds. The van der Waals surface area contributed by atoms with Crippen LogP contribution in [0, 0.1) is 0 Å². The number of amides is 1. The van der Waals surface area contributed by atoms with Crippen molar-refractivity contribution in [3.63, 3.8) is 0 Å². The van der Waals surface area contributed by atoms with E-state index in [0.29, 0.717) is 29.0 Å². The van der Waals surface area contributed by atoms with E-state index in [1.54, 1.807) is 24.3 Å². The van der Waals surface area contributed by atoms with Crippen molar-refractivity contribution in [2.24, 2.45) is 0 Å². The summed E-state index contributed by atoms with van der Waals surface area (Å²) in [6.45, 7) is 2.52. The van der Waals surface area contributed by atoms with Crippen molar-refractivity contribution in [3.05, 3.63) is 54.1 Å². The maximum atomic E-state index is 12.1. The summed E-state index contributed by atoms with van der Waals surface area (Å²) in [4.78, 5) is 23.5. The highest BCUT2D eigenvalue weighted by Gasteiger charge is 2.12. The number of carbonyl (C=O) groups is 2. The third-order valence-corrected chi connectivity index (χ3v) is 4.55. The van der Waals surface area contributed by atoms with Gasteiger partial charge in [-0.2, -0.15) is 0 Å². The summed E-state index contributed by atoms with van der Waals surface area (Å²) < 4.78 is 15.6. The van der Waals surface area contributed by atoms with E-state index >= 15 is 0 Å². The number of anilines is 1. The predicted octanol–water partition coefficient (Wildman–Crippen LogP) is 3.65. The molecule has 0 atom stereocenters. The van der Waals surface area contributed by atoms with Gasteiger partial charge in [-0.3, -0.25) is 4.79 Å². The van der Waals surface area contributed by atoms with Gasteiger partial charge in [0.25, 0.3) is 5.22 Å². The van der Waals surface area contributed by atoms with Crippen LogP contribution in [0.4, 0.5) is 5.69 Å². The smallest absolute Gasteiger partial charge is 0.337 e. The van der Waals surface area contributed by atoms with Crippen LogP contribution < -0.4 is 10.1 Å². The predicted molar refractivity (Wildman–Crippen MR) is 108 cm³/mol. The number of hydrogen-bond acceptors (Lipinski definition) is 8. The third-order valence-electron chi connectivity index (χ3n) is 3.74. The maximum Gasteiger partial charge on any atom is 0.337 e. The van der Waals surface area contributed by atoms with Gasteiger partial charge in [-0.15, -0.1) is 10.2 Å². The molecule has 29 heavy (non-hydrogen) atoms. The summed E-state index contributed by atoms with van der Waals surface area (Å²) in [6, 6.07) is 13.7. The first-order chi connectivity index (χ1) is 14.1. The Kier molecular flexibility index (Phi) is 6.85. The minimum Gasteiger partial charge on any atom is -0.494 e. The summed E-state index contributed by atoms with van der Waals surface area (Å²) in [5, 5.41) is 11.0. The fourth-order valence-corrected chi connectivity index (χ4v) is 2.94. The number of nitrogens with zero attached hydrogens (tertiary/aromatic N) is 2. The van der Waals surface area contributed by atoms with Crippen molar-refractivity contribution in [3.8, 4) is 17.2 Å². The van der Waals surface area contributed by atoms with Gasteiger partial charge in [-0.05, 0) is 55.5 Å².